The van der Waals surface area contributed by atoms with Crippen molar-refractivity contribution in [2.24, 2.45) is 0 Å². The van der Waals surface area contributed by atoms with Gasteiger partial charge in [-0.15, -0.1) is 0 Å². The lowest BCUT2D eigenvalue weighted by molar-refractivity contribution is -0.000927. The summed E-state index contributed by atoms with van der Waals surface area (Å²) in [6, 6.07) is 22.3. The first-order chi connectivity index (χ1) is 15.2. The van der Waals surface area contributed by atoms with E-state index in [0.29, 0.717) is 12.1 Å². The van der Waals surface area contributed by atoms with Crippen LogP contribution in [0.5, 0.6) is 0 Å². The zero-order valence-electron chi connectivity index (χ0n) is 17.8. The highest BCUT2D eigenvalue weighted by molar-refractivity contribution is 6.10. The van der Waals surface area contributed by atoms with Crippen LogP contribution in [-0.4, -0.2) is 71.5 Å². The summed E-state index contributed by atoms with van der Waals surface area (Å²) >= 11 is 0. The average molecular weight is 416 g/mol. The number of nitrogens with zero attached hydrogens (tertiary/aromatic N) is 3. The maximum atomic E-state index is 13.1. The number of carbonyl (C=O) groups excluding carboxylic acids is 1. The van der Waals surface area contributed by atoms with Crippen molar-refractivity contribution in [3.05, 3.63) is 83.4 Å². The Kier molecular flexibility index (Phi) is 5.72. The minimum Gasteiger partial charge on any atom is -0.369 e. The Labute approximate surface area is 183 Å². The molecule has 0 saturated carbocycles. The van der Waals surface area contributed by atoms with Crippen molar-refractivity contribution < 1.29 is 9.90 Å². The molecule has 2 aliphatic heterocycles. The van der Waals surface area contributed by atoms with E-state index in [2.05, 4.69) is 40.1 Å². The summed E-state index contributed by atoms with van der Waals surface area (Å²) < 4.78 is 0. The van der Waals surface area contributed by atoms with Crippen LogP contribution < -0.4 is 0 Å². The summed E-state index contributed by atoms with van der Waals surface area (Å²) in [5.74, 6) is -0.0710. The third-order valence-electron chi connectivity index (χ3n) is 6.68. The van der Waals surface area contributed by atoms with Crippen molar-refractivity contribution in [1.82, 2.24) is 14.7 Å². The highest BCUT2D eigenvalue weighted by Gasteiger charge is 2.32. The fourth-order valence-electron chi connectivity index (χ4n) is 4.84. The largest absolute Gasteiger partial charge is 0.369 e. The first kappa shape index (κ1) is 20.2. The van der Waals surface area contributed by atoms with E-state index >= 15 is 0 Å². The maximum Gasteiger partial charge on any atom is 0.256 e. The quantitative estimate of drug-likeness (QED) is 0.672. The van der Waals surface area contributed by atoms with Gasteiger partial charge in [-0.25, -0.2) is 0 Å². The predicted molar refractivity (Wildman–Crippen MR) is 123 cm³/mol. The van der Waals surface area contributed by atoms with Crippen LogP contribution in [-0.2, 0) is 6.42 Å². The molecule has 0 bridgehead atoms. The fourth-order valence-corrected chi connectivity index (χ4v) is 4.84. The maximum absolute atomic E-state index is 13.1. The number of rotatable bonds is 6. The van der Waals surface area contributed by atoms with Crippen molar-refractivity contribution in [2.45, 2.75) is 12.6 Å². The summed E-state index contributed by atoms with van der Waals surface area (Å²) in [7, 11) is 0. The molecule has 3 aromatic rings. The molecule has 5 nitrogen and oxygen atoms in total. The van der Waals surface area contributed by atoms with Gasteiger partial charge in [-0.05, 0) is 23.4 Å². The van der Waals surface area contributed by atoms with Crippen LogP contribution >= 0.6 is 0 Å². The highest BCUT2D eigenvalue weighted by Crippen LogP contribution is 2.35. The van der Waals surface area contributed by atoms with Gasteiger partial charge in [-0.2, -0.15) is 0 Å². The van der Waals surface area contributed by atoms with Crippen LogP contribution in [0.4, 0.5) is 0 Å². The molecule has 1 saturated heterocycles. The normalized spacial score (nSPS) is 19.8. The number of aliphatic hydroxyl groups excluding tert-OH is 1. The van der Waals surface area contributed by atoms with Gasteiger partial charge in [0.05, 0.1) is 0 Å². The van der Waals surface area contributed by atoms with Crippen molar-refractivity contribution in [3.63, 3.8) is 0 Å². The van der Waals surface area contributed by atoms with Gasteiger partial charge in [0, 0.05) is 62.3 Å². The van der Waals surface area contributed by atoms with Crippen LogP contribution in [0.25, 0.3) is 10.8 Å². The molecule has 1 atom stereocenters. The Morgan fingerprint density at radius 3 is 2.19 bits per heavy atom. The fraction of sp³-hybridized carbons (Fsp3) is 0.346. The zero-order valence-corrected chi connectivity index (χ0v) is 17.8. The minimum absolute atomic E-state index is 0.0710. The topological polar surface area (TPSA) is 47.0 Å². The molecular formula is C26H29N3O2. The van der Waals surface area contributed by atoms with Crippen LogP contribution in [0.15, 0.2) is 66.7 Å². The number of hydrogen-bond acceptors (Lipinski definition) is 4. The monoisotopic (exact) mass is 415 g/mol. The van der Waals surface area contributed by atoms with Gasteiger partial charge in [-0.1, -0.05) is 60.7 Å². The van der Waals surface area contributed by atoms with Gasteiger partial charge < -0.3 is 14.9 Å². The van der Waals surface area contributed by atoms with Crippen LogP contribution in [0.1, 0.15) is 27.7 Å². The summed E-state index contributed by atoms with van der Waals surface area (Å²) in [5, 5.41) is 12.8. The lowest BCUT2D eigenvalue weighted by Crippen LogP contribution is -2.50. The van der Waals surface area contributed by atoms with E-state index in [0.717, 1.165) is 62.0 Å². The Morgan fingerprint density at radius 2 is 1.45 bits per heavy atom. The van der Waals surface area contributed by atoms with Crippen molar-refractivity contribution in [1.29, 1.82) is 0 Å². The molecule has 31 heavy (non-hydrogen) atoms. The Balaban J connectivity index is 1.16. The van der Waals surface area contributed by atoms with E-state index in [1.165, 1.54) is 5.56 Å². The smallest absolute Gasteiger partial charge is 0.256 e. The lowest BCUT2D eigenvalue weighted by atomic mass is 9.93. The van der Waals surface area contributed by atoms with E-state index in [1.54, 1.807) is 4.90 Å². The molecule has 2 aliphatic rings. The SMILES string of the molecule is O=C1c2cccc3cccc(c23)C(O)N1CCN1CCN(CCc2ccccc2)CC1. The van der Waals surface area contributed by atoms with E-state index in [4.69, 9.17) is 0 Å². The summed E-state index contributed by atoms with van der Waals surface area (Å²) in [6.07, 6.45) is 0.207. The first-order valence-corrected chi connectivity index (χ1v) is 11.2. The van der Waals surface area contributed by atoms with Crippen molar-refractivity contribution in [3.8, 4) is 0 Å². The first-order valence-electron chi connectivity index (χ1n) is 11.2. The Hall–Kier alpha value is -2.73. The van der Waals surface area contributed by atoms with Gasteiger partial charge in [0.2, 0.25) is 0 Å². The van der Waals surface area contributed by atoms with Gasteiger partial charge in [0.15, 0.2) is 6.23 Å². The third-order valence-corrected chi connectivity index (χ3v) is 6.68. The van der Waals surface area contributed by atoms with E-state index < -0.39 is 6.23 Å². The molecule has 0 aromatic heterocycles. The van der Waals surface area contributed by atoms with Gasteiger partial charge >= 0.3 is 0 Å². The molecule has 0 radical (unpaired) electrons. The molecule has 1 N–H and O–H groups in total. The summed E-state index contributed by atoms with van der Waals surface area (Å²) in [5.41, 5.74) is 2.92. The highest BCUT2D eigenvalue weighted by atomic mass is 16.3. The second-order valence-corrected chi connectivity index (χ2v) is 8.54. The van der Waals surface area contributed by atoms with E-state index in [1.807, 2.05) is 36.4 Å². The number of hydrogen-bond donors (Lipinski definition) is 1. The van der Waals surface area contributed by atoms with Crippen molar-refractivity contribution >= 4 is 16.7 Å². The molecule has 5 heteroatoms. The number of amides is 1. The standard InChI is InChI=1S/C26H29N3O2/c30-25-22-10-4-8-21-9-5-11-23(24(21)22)26(31)29(25)19-18-28-16-14-27(15-17-28)13-12-20-6-2-1-3-7-20/h1-11,25,30H,12-19H2. The Morgan fingerprint density at radius 1 is 0.774 bits per heavy atom. The van der Waals surface area contributed by atoms with Crippen molar-refractivity contribution in [2.75, 3.05) is 45.8 Å². The molecular weight excluding hydrogens is 386 g/mol. The van der Waals surface area contributed by atoms with Crippen LogP contribution in [0.2, 0.25) is 0 Å². The number of aliphatic hydroxyl groups is 1. The molecule has 3 aromatic carbocycles. The Bertz CT molecular complexity index is 1060. The summed E-state index contributed by atoms with van der Waals surface area (Å²) in [4.78, 5) is 19.6. The van der Waals surface area contributed by atoms with E-state index in [-0.39, 0.29) is 5.91 Å². The van der Waals surface area contributed by atoms with E-state index in [9.17, 15) is 9.90 Å². The van der Waals surface area contributed by atoms with Crippen LogP contribution in [0, 0.1) is 0 Å². The molecule has 1 fully saturated rings. The van der Waals surface area contributed by atoms with Gasteiger partial charge in [-0.3, -0.25) is 9.69 Å². The lowest BCUT2D eigenvalue weighted by Gasteiger charge is -2.38. The van der Waals surface area contributed by atoms with Crippen LogP contribution in [0.3, 0.4) is 0 Å². The molecule has 0 spiro atoms. The average Bonchev–Trinajstić information content (AvgIpc) is 2.82. The van der Waals surface area contributed by atoms with Gasteiger partial charge in [0.25, 0.3) is 5.91 Å². The zero-order chi connectivity index (χ0) is 21.2. The molecule has 160 valence electrons. The molecule has 1 unspecified atom stereocenters. The second-order valence-electron chi connectivity index (χ2n) is 8.54. The number of piperazine rings is 1. The predicted octanol–water partition coefficient (Wildman–Crippen LogP) is 3.15. The van der Waals surface area contributed by atoms with Gasteiger partial charge in [0.1, 0.15) is 0 Å². The third kappa shape index (κ3) is 4.09. The molecule has 0 aliphatic carbocycles. The molecule has 2 heterocycles. The molecule has 5 rings (SSSR count). The molecule has 1 amide bonds. The number of carbonyl (C=O) groups is 1. The second kappa shape index (κ2) is 8.79. The summed E-state index contributed by atoms with van der Waals surface area (Å²) in [6.45, 7) is 6.50. The minimum atomic E-state index is -0.877. The number of benzene rings is 3.